The second-order valence-corrected chi connectivity index (χ2v) is 8.01. The van der Waals surface area contributed by atoms with Crippen molar-refractivity contribution < 1.29 is 9.59 Å². The Kier molecular flexibility index (Phi) is 5.67. The summed E-state index contributed by atoms with van der Waals surface area (Å²) in [5.74, 6) is -0.908. The number of thiophene rings is 1. The molecule has 1 aliphatic rings. The van der Waals surface area contributed by atoms with Crippen molar-refractivity contribution in [1.82, 2.24) is 0 Å². The molecule has 132 valence electrons. The molecule has 3 N–H and O–H groups in total. The van der Waals surface area contributed by atoms with Crippen molar-refractivity contribution in [3.05, 3.63) is 49.8 Å². The van der Waals surface area contributed by atoms with Gasteiger partial charge in [-0.05, 0) is 49.4 Å². The summed E-state index contributed by atoms with van der Waals surface area (Å²) in [5.41, 5.74) is 7.31. The molecule has 0 atom stereocenters. The average molecular weight is 397 g/mol. The molecule has 7 heteroatoms. The number of carbonyl (C=O) groups is 2. The van der Waals surface area contributed by atoms with Crippen LogP contribution in [0.15, 0.2) is 18.2 Å². The first-order valence-electron chi connectivity index (χ1n) is 8.18. The Hall–Kier alpha value is -1.56. The van der Waals surface area contributed by atoms with Crippen LogP contribution in [-0.4, -0.2) is 11.8 Å². The Morgan fingerprint density at radius 3 is 2.52 bits per heavy atom. The van der Waals surface area contributed by atoms with Crippen LogP contribution in [-0.2, 0) is 12.8 Å². The average Bonchev–Trinajstić information content (AvgIpc) is 2.86. The Morgan fingerprint density at radius 2 is 1.80 bits per heavy atom. The molecular weight excluding hydrogens is 379 g/mol. The number of aryl methyl sites for hydroxylation is 1. The SMILES string of the molecule is NC(=O)c1c(NC(=O)c2cc(Cl)ccc2Cl)sc2c1CCCCCC2. The summed E-state index contributed by atoms with van der Waals surface area (Å²) < 4.78 is 0. The van der Waals surface area contributed by atoms with Crippen LogP contribution in [0.4, 0.5) is 5.00 Å². The third kappa shape index (κ3) is 4.00. The van der Waals surface area contributed by atoms with Gasteiger partial charge in [0.05, 0.1) is 16.1 Å². The standard InChI is InChI=1S/C18H18Cl2N2O2S/c19-10-7-8-13(20)12(9-10)17(24)22-18-15(16(21)23)11-5-3-1-2-4-6-14(11)25-18/h7-9H,1-6H2,(H2,21,23)(H,22,24). The van der Waals surface area contributed by atoms with Crippen LogP contribution in [0.25, 0.3) is 0 Å². The number of carbonyl (C=O) groups excluding carboxylic acids is 2. The highest BCUT2D eigenvalue weighted by molar-refractivity contribution is 7.17. The highest BCUT2D eigenvalue weighted by Gasteiger charge is 2.24. The van der Waals surface area contributed by atoms with Crippen LogP contribution in [0, 0.1) is 0 Å². The van der Waals surface area contributed by atoms with Crippen molar-refractivity contribution in [2.24, 2.45) is 5.73 Å². The molecule has 0 saturated heterocycles. The minimum Gasteiger partial charge on any atom is -0.365 e. The van der Waals surface area contributed by atoms with Crippen LogP contribution in [0.3, 0.4) is 0 Å². The molecule has 2 amide bonds. The van der Waals surface area contributed by atoms with E-state index in [1.54, 1.807) is 12.1 Å². The zero-order valence-corrected chi connectivity index (χ0v) is 15.9. The summed E-state index contributed by atoms with van der Waals surface area (Å²) in [6, 6.07) is 4.70. The van der Waals surface area contributed by atoms with Crippen molar-refractivity contribution in [1.29, 1.82) is 0 Å². The highest BCUT2D eigenvalue weighted by atomic mass is 35.5. The van der Waals surface area contributed by atoms with E-state index in [2.05, 4.69) is 5.32 Å². The smallest absolute Gasteiger partial charge is 0.257 e. The summed E-state index contributed by atoms with van der Waals surface area (Å²) in [7, 11) is 0. The lowest BCUT2D eigenvalue weighted by Crippen LogP contribution is -2.18. The van der Waals surface area contributed by atoms with Gasteiger partial charge in [-0.2, -0.15) is 0 Å². The molecular formula is C18H18Cl2N2O2S. The van der Waals surface area contributed by atoms with Gasteiger partial charge in [0.2, 0.25) is 0 Å². The van der Waals surface area contributed by atoms with Crippen LogP contribution in [0.2, 0.25) is 10.0 Å². The van der Waals surface area contributed by atoms with Crippen LogP contribution in [0.5, 0.6) is 0 Å². The zero-order valence-electron chi connectivity index (χ0n) is 13.5. The summed E-state index contributed by atoms with van der Waals surface area (Å²) in [6.07, 6.45) is 6.17. The maximum Gasteiger partial charge on any atom is 0.257 e. The van der Waals surface area contributed by atoms with Gasteiger partial charge in [0.15, 0.2) is 0 Å². The number of hydrogen-bond acceptors (Lipinski definition) is 3. The number of halogens is 2. The van der Waals surface area contributed by atoms with E-state index in [0.29, 0.717) is 20.6 Å². The zero-order chi connectivity index (χ0) is 18.0. The summed E-state index contributed by atoms with van der Waals surface area (Å²) in [6.45, 7) is 0. The molecule has 0 spiro atoms. The number of rotatable bonds is 3. The maximum atomic E-state index is 12.6. The molecule has 2 aromatic rings. The fourth-order valence-electron chi connectivity index (χ4n) is 3.11. The number of amides is 2. The van der Waals surface area contributed by atoms with E-state index in [-0.39, 0.29) is 5.56 Å². The minimum absolute atomic E-state index is 0.269. The third-order valence-electron chi connectivity index (χ3n) is 4.32. The molecule has 0 fully saturated rings. The lowest BCUT2D eigenvalue weighted by Gasteiger charge is -2.10. The van der Waals surface area contributed by atoms with Crippen molar-refractivity contribution in [2.75, 3.05) is 5.32 Å². The first-order valence-corrected chi connectivity index (χ1v) is 9.75. The topological polar surface area (TPSA) is 72.2 Å². The summed E-state index contributed by atoms with van der Waals surface area (Å²) in [4.78, 5) is 25.8. The van der Waals surface area contributed by atoms with Crippen molar-refractivity contribution in [3.63, 3.8) is 0 Å². The third-order valence-corrected chi connectivity index (χ3v) is 6.09. The number of primary amides is 1. The van der Waals surface area contributed by atoms with Gasteiger partial charge in [0.25, 0.3) is 11.8 Å². The second kappa shape index (κ2) is 7.77. The second-order valence-electron chi connectivity index (χ2n) is 6.06. The highest BCUT2D eigenvalue weighted by Crippen LogP contribution is 2.37. The van der Waals surface area contributed by atoms with Crippen LogP contribution in [0.1, 0.15) is 56.8 Å². The lowest BCUT2D eigenvalue weighted by atomic mass is 9.96. The number of hydrogen-bond donors (Lipinski definition) is 2. The normalized spacial score (nSPS) is 14.3. The fourth-order valence-corrected chi connectivity index (χ4v) is 4.78. The van der Waals surface area contributed by atoms with Gasteiger partial charge in [-0.25, -0.2) is 0 Å². The van der Waals surface area contributed by atoms with Gasteiger partial charge >= 0.3 is 0 Å². The predicted molar refractivity (Wildman–Crippen MR) is 103 cm³/mol. The van der Waals surface area contributed by atoms with Gasteiger partial charge < -0.3 is 11.1 Å². The summed E-state index contributed by atoms with van der Waals surface area (Å²) >= 11 is 13.5. The molecule has 0 unspecified atom stereocenters. The molecule has 1 heterocycles. The predicted octanol–water partition coefficient (Wildman–Crippen LogP) is 5.07. The number of fused-ring (bicyclic) bond motifs is 1. The van der Waals surface area contributed by atoms with E-state index in [0.717, 1.165) is 42.5 Å². The molecule has 1 aromatic carbocycles. The largest absolute Gasteiger partial charge is 0.365 e. The quantitative estimate of drug-likeness (QED) is 0.760. The van der Waals surface area contributed by atoms with Crippen LogP contribution < -0.4 is 11.1 Å². The molecule has 0 saturated carbocycles. The number of nitrogens with two attached hydrogens (primary N) is 1. The van der Waals surface area contributed by atoms with Gasteiger partial charge in [0, 0.05) is 9.90 Å². The molecule has 1 aliphatic carbocycles. The molecule has 25 heavy (non-hydrogen) atoms. The van der Waals surface area contributed by atoms with Gasteiger partial charge in [-0.1, -0.05) is 36.0 Å². The van der Waals surface area contributed by atoms with E-state index in [9.17, 15) is 9.59 Å². The molecule has 0 radical (unpaired) electrons. The van der Waals surface area contributed by atoms with Crippen molar-refractivity contribution in [3.8, 4) is 0 Å². The van der Waals surface area contributed by atoms with E-state index < -0.39 is 11.8 Å². The first kappa shape index (κ1) is 18.2. The Morgan fingerprint density at radius 1 is 1.08 bits per heavy atom. The Bertz CT molecular complexity index is 833. The minimum atomic E-state index is -0.509. The molecule has 3 rings (SSSR count). The Labute approximate surface area is 160 Å². The monoisotopic (exact) mass is 396 g/mol. The van der Waals surface area contributed by atoms with Gasteiger partial charge in [-0.3, -0.25) is 9.59 Å². The Balaban J connectivity index is 1.96. The van der Waals surface area contributed by atoms with Crippen molar-refractivity contribution >= 4 is 51.4 Å². The van der Waals surface area contributed by atoms with Crippen molar-refractivity contribution in [2.45, 2.75) is 38.5 Å². The van der Waals surface area contributed by atoms with E-state index in [1.165, 1.54) is 23.8 Å². The molecule has 1 aromatic heterocycles. The maximum absolute atomic E-state index is 12.6. The number of nitrogens with one attached hydrogen (secondary N) is 1. The number of anilines is 1. The molecule has 0 aliphatic heterocycles. The summed E-state index contributed by atoms with van der Waals surface area (Å²) in [5, 5.41) is 4.03. The van der Waals surface area contributed by atoms with E-state index in [1.807, 2.05) is 0 Å². The molecule has 0 bridgehead atoms. The van der Waals surface area contributed by atoms with Crippen LogP contribution >= 0.6 is 34.5 Å². The lowest BCUT2D eigenvalue weighted by molar-refractivity contribution is 0.100. The fraction of sp³-hybridized carbons (Fsp3) is 0.333. The van der Waals surface area contributed by atoms with Gasteiger partial charge in [-0.15, -0.1) is 11.3 Å². The first-order chi connectivity index (χ1) is 12.0. The van der Waals surface area contributed by atoms with E-state index >= 15 is 0 Å². The molecule has 4 nitrogen and oxygen atoms in total. The van der Waals surface area contributed by atoms with E-state index in [4.69, 9.17) is 28.9 Å². The number of benzene rings is 1. The van der Waals surface area contributed by atoms with Gasteiger partial charge in [0.1, 0.15) is 5.00 Å².